The van der Waals surface area contributed by atoms with Gasteiger partial charge in [-0.05, 0) is 74.1 Å². The maximum absolute atomic E-state index is 12.3. The molecule has 5 heteroatoms. The molecular weight excluding hydrogens is 366 g/mol. The minimum atomic E-state index is -0.377. The molecule has 0 N–H and O–H groups in total. The Hall–Kier alpha value is -2.53. The number of piperidine rings is 1. The van der Waals surface area contributed by atoms with Gasteiger partial charge in [0, 0.05) is 0 Å². The number of carbonyl (C=O) groups excluding carboxylic acids is 1. The smallest absolute Gasteiger partial charge is 0.338 e. The van der Waals surface area contributed by atoms with Gasteiger partial charge in [0.1, 0.15) is 6.61 Å². The van der Waals surface area contributed by atoms with Gasteiger partial charge in [-0.15, -0.1) is 0 Å². The van der Waals surface area contributed by atoms with Crippen molar-refractivity contribution in [2.75, 3.05) is 33.9 Å². The van der Waals surface area contributed by atoms with E-state index < -0.39 is 0 Å². The van der Waals surface area contributed by atoms with Crippen molar-refractivity contribution >= 4 is 5.97 Å². The molecule has 5 nitrogen and oxygen atoms in total. The molecule has 156 valence electrons. The van der Waals surface area contributed by atoms with Gasteiger partial charge in [0.2, 0.25) is 0 Å². The molecule has 0 aromatic heterocycles. The Balaban J connectivity index is 1.50. The molecule has 1 aliphatic heterocycles. The Kier molecular flexibility index (Phi) is 7.53. The topological polar surface area (TPSA) is 48.0 Å². The summed E-state index contributed by atoms with van der Waals surface area (Å²) in [6, 6.07) is 13.4. The molecule has 1 fully saturated rings. The van der Waals surface area contributed by atoms with Crippen molar-refractivity contribution in [3.8, 4) is 11.5 Å². The summed E-state index contributed by atoms with van der Waals surface area (Å²) < 4.78 is 15.9. The van der Waals surface area contributed by atoms with Gasteiger partial charge in [0.25, 0.3) is 0 Å². The van der Waals surface area contributed by atoms with Gasteiger partial charge in [-0.1, -0.05) is 31.2 Å². The Morgan fingerprint density at radius 3 is 2.24 bits per heavy atom. The molecule has 0 bridgehead atoms. The fraction of sp³-hybridized carbons (Fsp3) is 0.458. The monoisotopic (exact) mass is 397 g/mol. The van der Waals surface area contributed by atoms with Crippen LogP contribution in [0.25, 0.3) is 0 Å². The molecule has 2 aromatic carbocycles. The van der Waals surface area contributed by atoms with E-state index in [2.05, 4.69) is 36.1 Å². The number of methoxy groups -OCH3 is 2. The molecular formula is C24H31NO4. The summed E-state index contributed by atoms with van der Waals surface area (Å²) in [6.45, 7) is 6.07. The molecule has 1 aliphatic rings. The second-order valence-corrected chi connectivity index (χ2v) is 7.54. The zero-order valence-corrected chi connectivity index (χ0v) is 17.6. The first-order valence-corrected chi connectivity index (χ1v) is 10.3. The summed E-state index contributed by atoms with van der Waals surface area (Å²) in [5.74, 6) is 1.49. The largest absolute Gasteiger partial charge is 0.493 e. The number of ether oxygens (including phenoxy) is 3. The normalized spacial score (nSPS) is 15.1. The van der Waals surface area contributed by atoms with Gasteiger partial charge >= 0.3 is 5.97 Å². The molecule has 0 amide bonds. The van der Waals surface area contributed by atoms with Crippen LogP contribution < -0.4 is 9.47 Å². The highest BCUT2D eigenvalue weighted by Crippen LogP contribution is 2.28. The van der Waals surface area contributed by atoms with Crippen molar-refractivity contribution in [2.24, 2.45) is 5.92 Å². The Morgan fingerprint density at radius 2 is 1.62 bits per heavy atom. The van der Waals surface area contributed by atoms with Gasteiger partial charge in [0.15, 0.2) is 11.5 Å². The van der Waals surface area contributed by atoms with Crippen LogP contribution in [0.15, 0.2) is 42.5 Å². The minimum Gasteiger partial charge on any atom is -0.493 e. The van der Waals surface area contributed by atoms with E-state index in [0.717, 1.165) is 24.4 Å². The van der Waals surface area contributed by atoms with Gasteiger partial charge in [-0.3, -0.25) is 0 Å². The lowest BCUT2D eigenvalue weighted by Crippen LogP contribution is -2.34. The van der Waals surface area contributed by atoms with Gasteiger partial charge < -0.3 is 19.1 Å². The summed E-state index contributed by atoms with van der Waals surface area (Å²) in [5, 5.41) is 0. The summed E-state index contributed by atoms with van der Waals surface area (Å²) >= 11 is 0. The van der Waals surface area contributed by atoms with Crippen LogP contribution in [0.5, 0.6) is 11.5 Å². The first-order valence-electron chi connectivity index (χ1n) is 10.3. The molecule has 1 heterocycles. The van der Waals surface area contributed by atoms with E-state index in [-0.39, 0.29) is 12.6 Å². The van der Waals surface area contributed by atoms with E-state index in [0.29, 0.717) is 17.1 Å². The predicted octanol–water partition coefficient (Wildman–Crippen LogP) is 4.34. The Morgan fingerprint density at radius 1 is 0.966 bits per heavy atom. The lowest BCUT2D eigenvalue weighted by atomic mass is 9.90. The van der Waals surface area contributed by atoms with Crippen molar-refractivity contribution in [2.45, 2.75) is 32.8 Å². The maximum atomic E-state index is 12.3. The second kappa shape index (κ2) is 10.3. The van der Waals surface area contributed by atoms with Crippen LogP contribution in [0.4, 0.5) is 0 Å². The first kappa shape index (κ1) is 21.2. The van der Waals surface area contributed by atoms with Crippen LogP contribution >= 0.6 is 0 Å². The van der Waals surface area contributed by atoms with Gasteiger partial charge in [0.05, 0.1) is 19.8 Å². The van der Waals surface area contributed by atoms with Crippen molar-refractivity contribution in [1.29, 1.82) is 0 Å². The third-order valence-corrected chi connectivity index (χ3v) is 5.69. The number of hydrogen-bond acceptors (Lipinski definition) is 5. The van der Waals surface area contributed by atoms with Crippen LogP contribution in [0.3, 0.4) is 0 Å². The average molecular weight is 398 g/mol. The summed E-state index contributed by atoms with van der Waals surface area (Å²) in [7, 11) is 3.11. The molecule has 0 saturated carbocycles. The van der Waals surface area contributed by atoms with E-state index in [9.17, 15) is 4.79 Å². The van der Waals surface area contributed by atoms with Gasteiger partial charge in [-0.25, -0.2) is 4.79 Å². The van der Waals surface area contributed by atoms with Crippen LogP contribution in [-0.2, 0) is 17.8 Å². The van der Waals surface area contributed by atoms with Gasteiger partial charge in [-0.2, -0.15) is 0 Å². The standard InChI is InChI=1S/C24H31NO4/c1-4-25-13-11-19(12-14-25)15-18-5-7-20(8-6-18)17-29-24(26)21-9-10-22(27-2)23(16-21)28-3/h5-10,16,19H,4,11-15,17H2,1-3H3. The average Bonchev–Trinajstić information content (AvgIpc) is 2.78. The molecule has 0 aliphatic carbocycles. The third kappa shape index (κ3) is 5.73. The third-order valence-electron chi connectivity index (χ3n) is 5.69. The zero-order chi connectivity index (χ0) is 20.6. The number of likely N-dealkylation sites (tertiary alicyclic amines) is 1. The lowest BCUT2D eigenvalue weighted by molar-refractivity contribution is 0.0472. The fourth-order valence-corrected chi connectivity index (χ4v) is 3.81. The quantitative estimate of drug-likeness (QED) is 0.621. The van der Waals surface area contributed by atoms with Crippen molar-refractivity contribution in [3.63, 3.8) is 0 Å². The number of rotatable bonds is 8. The van der Waals surface area contributed by atoms with Crippen LogP contribution in [0.1, 0.15) is 41.3 Å². The number of carbonyl (C=O) groups is 1. The SMILES string of the molecule is CCN1CCC(Cc2ccc(COC(=O)c3ccc(OC)c(OC)c3)cc2)CC1. The molecule has 0 spiro atoms. The molecule has 0 atom stereocenters. The van der Waals surface area contributed by atoms with Crippen LogP contribution in [-0.4, -0.2) is 44.7 Å². The van der Waals surface area contributed by atoms with E-state index in [1.165, 1.54) is 31.5 Å². The lowest BCUT2D eigenvalue weighted by Gasteiger charge is -2.31. The van der Waals surface area contributed by atoms with Crippen LogP contribution in [0.2, 0.25) is 0 Å². The molecule has 3 rings (SSSR count). The number of benzene rings is 2. The molecule has 29 heavy (non-hydrogen) atoms. The highest BCUT2D eigenvalue weighted by molar-refractivity contribution is 5.90. The van der Waals surface area contributed by atoms with E-state index in [1.807, 2.05) is 0 Å². The highest BCUT2D eigenvalue weighted by atomic mass is 16.5. The summed E-state index contributed by atoms with van der Waals surface area (Å²) in [5.41, 5.74) is 2.79. The van der Waals surface area contributed by atoms with E-state index in [4.69, 9.17) is 14.2 Å². The number of nitrogens with zero attached hydrogens (tertiary/aromatic N) is 1. The second-order valence-electron chi connectivity index (χ2n) is 7.54. The molecule has 0 radical (unpaired) electrons. The van der Waals surface area contributed by atoms with Crippen molar-refractivity contribution in [3.05, 3.63) is 59.2 Å². The van der Waals surface area contributed by atoms with Crippen molar-refractivity contribution in [1.82, 2.24) is 4.90 Å². The Labute approximate surface area is 173 Å². The summed E-state index contributed by atoms with van der Waals surface area (Å²) in [4.78, 5) is 14.9. The highest BCUT2D eigenvalue weighted by Gasteiger charge is 2.18. The molecule has 2 aromatic rings. The predicted molar refractivity (Wildman–Crippen MR) is 114 cm³/mol. The van der Waals surface area contributed by atoms with E-state index in [1.54, 1.807) is 32.4 Å². The summed E-state index contributed by atoms with van der Waals surface area (Å²) in [6.07, 6.45) is 3.68. The first-order chi connectivity index (χ1) is 14.1. The van der Waals surface area contributed by atoms with Crippen LogP contribution in [0, 0.1) is 5.92 Å². The number of hydrogen-bond donors (Lipinski definition) is 0. The maximum Gasteiger partial charge on any atom is 0.338 e. The van der Waals surface area contributed by atoms with E-state index >= 15 is 0 Å². The molecule has 0 unspecified atom stereocenters. The zero-order valence-electron chi connectivity index (χ0n) is 17.6. The van der Waals surface area contributed by atoms with Crippen molar-refractivity contribution < 1.29 is 19.0 Å². The minimum absolute atomic E-state index is 0.252. The molecule has 1 saturated heterocycles. The number of esters is 1. The Bertz CT molecular complexity index is 795. The fourth-order valence-electron chi connectivity index (χ4n) is 3.81.